The van der Waals surface area contributed by atoms with E-state index >= 15 is 0 Å². The Morgan fingerprint density at radius 3 is 1.96 bits per heavy atom. The molecular formula is C12H3BrClF9N2. The average molecular weight is 462 g/mol. The Kier molecular flexibility index (Phi) is 4.83. The molecule has 0 amide bonds. The SMILES string of the molecule is Fc1cc(C(F)(F)C(F)(F)F)cc(Cl)c1-c1nc(Br)c(C(F)(F)F)[nH]1. The summed E-state index contributed by atoms with van der Waals surface area (Å²) in [5, 5.41) is -0.978. The molecule has 0 atom stereocenters. The standard InChI is InChI=1S/C12H3BrClF9N2/c13-8-7(11(18,19)20)24-9(25-8)6-4(14)1-3(2-5(6)15)10(16,17)12(21,22)23/h1-2H,(H,24,25). The lowest BCUT2D eigenvalue weighted by Crippen LogP contribution is -2.33. The van der Waals surface area contributed by atoms with Gasteiger partial charge in [0.15, 0.2) is 5.69 Å². The van der Waals surface area contributed by atoms with Gasteiger partial charge in [0, 0.05) is 5.56 Å². The third-order valence-corrected chi connectivity index (χ3v) is 3.81. The number of benzene rings is 1. The number of hydrogen-bond acceptors (Lipinski definition) is 1. The fourth-order valence-electron chi connectivity index (χ4n) is 1.80. The van der Waals surface area contributed by atoms with Gasteiger partial charge in [-0.25, -0.2) is 9.37 Å². The van der Waals surface area contributed by atoms with Crippen LogP contribution in [0.25, 0.3) is 11.4 Å². The number of nitrogens with one attached hydrogen (secondary N) is 1. The zero-order valence-electron chi connectivity index (χ0n) is 11.3. The van der Waals surface area contributed by atoms with E-state index < -0.39 is 56.4 Å². The number of imidazole rings is 1. The van der Waals surface area contributed by atoms with Gasteiger partial charge >= 0.3 is 18.3 Å². The second-order valence-electron chi connectivity index (χ2n) is 4.64. The number of H-pyrrole nitrogens is 1. The minimum Gasteiger partial charge on any atom is -0.333 e. The average Bonchev–Trinajstić information content (AvgIpc) is 2.78. The maximum Gasteiger partial charge on any atom is 0.458 e. The molecule has 0 aliphatic rings. The van der Waals surface area contributed by atoms with Crippen LogP contribution in [-0.2, 0) is 12.1 Å². The molecule has 25 heavy (non-hydrogen) atoms. The molecule has 0 unspecified atom stereocenters. The molecular weight excluding hydrogens is 458 g/mol. The van der Waals surface area contributed by atoms with Crippen LogP contribution in [-0.4, -0.2) is 16.1 Å². The van der Waals surface area contributed by atoms with Crippen LogP contribution < -0.4 is 0 Å². The summed E-state index contributed by atoms with van der Waals surface area (Å²) >= 11 is 7.98. The van der Waals surface area contributed by atoms with E-state index in [0.29, 0.717) is 0 Å². The van der Waals surface area contributed by atoms with Gasteiger partial charge in [0.2, 0.25) is 0 Å². The van der Waals surface area contributed by atoms with E-state index in [0.717, 1.165) is 0 Å². The van der Waals surface area contributed by atoms with Crippen LogP contribution in [0.2, 0.25) is 5.02 Å². The summed E-state index contributed by atoms with van der Waals surface area (Å²) in [6, 6.07) is -0.0600. The van der Waals surface area contributed by atoms with Crippen molar-refractivity contribution in [2.75, 3.05) is 0 Å². The highest BCUT2D eigenvalue weighted by atomic mass is 79.9. The van der Waals surface area contributed by atoms with Gasteiger partial charge in [-0.2, -0.15) is 35.1 Å². The third kappa shape index (κ3) is 3.59. The van der Waals surface area contributed by atoms with Crippen molar-refractivity contribution < 1.29 is 39.5 Å². The van der Waals surface area contributed by atoms with Crippen LogP contribution in [0.15, 0.2) is 16.7 Å². The van der Waals surface area contributed by atoms with Crippen LogP contribution >= 0.6 is 27.5 Å². The summed E-state index contributed by atoms with van der Waals surface area (Å²) in [5.74, 6) is -7.92. The van der Waals surface area contributed by atoms with Crippen molar-refractivity contribution in [3.05, 3.63) is 38.8 Å². The number of aromatic amines is 1. The maximum absolute atomic E-state index is 14.0. The molecule has 0 saturated carbocycles. The van der Waals surface area contributed by atoms with E-state index in [1.54, 1.807) is 4.98 Å². The Morgan fingerprint density at radius 2 is 1.56 bits per heavy atom. The van der Waals surface area contributed by atoms with Gasteiger partial charge in [0.1, 0.15) is 16.2 Å². The Labute approximate surface area is 146 Å². The van der Waals surface area contributed by atoms with Crippen molar-refractivity contribution in [3.8, 4) is 11.4 Å². The Bertz CT molecular complexity index is 787. The number of rotatable bonds is 2. The van der Waals surface area contributed by atoms with Gasteiger partial charge in [-0.1, -0.05) is 11.6 Å². The zero-order valence-corrected chi connectivity index (χ0v) is 13.6. The van der Waals surface area contributed by atoms with Crippen LogP contribution in [0.4, 0.5) is 39.5 Å². The van der Waals surface area contributed by atoms with E-state index in [1.807, 2.05) is 0 Å². The lowest BCUT2D eigenvalue weighted by atomic mass is 10.0. The first-order valence-corrected chi connectivity index (χ1v) is 7.10. The summed E-state index contributed by atoms with van der Waals surface area (Å²) in [4.78, 5) is 5.01. The largest absolute Gasteiger partial charge is 0.458 e. The predicted molar refractivity (Wildman–Crippen MR) is 71.6 cm³/mol. The molecule has 2 aromatic rings. The quantitative estimate of drug-likeness (QED) is 0.522. The highest BCUT2D eigenvalue weighted by molar-refractivity contribution is 9.10. The van der Waals surface area contributed by atoms with Crippen LogP contribution in [0.3, 0.4) is 0 Å². The molecule has 0 fully saturated rings. The van der Waals surface area contributed by atoms with Crippen molar-refractivity contribution in [2.24, 2.45) is 0 Å². The highest BCUT2D eigenvalue weighted by Crippen LogP contribution is 2.46. The third-order valence-electron chi connectivity index (χ3n) is 2.94. The van der Waals surface area contributed by atoms with E-state index in [2.05, 4.69) is 20.9 Å². The van der Waals surface area contributed by atoms with Gasteiger partial charge in [0.05, 0.1) is 10.6 Å². The topological polar surface area (TPSA) is 28.7 Å². The smallest absolute Gasteiger partial charge is 0.333 e. The molecule has 0 bridgehead atoms. The van der Waals surface area contributed by atoms with Crippen LogP contribution in [0, 0.1) is 5.82 Å². The molecule has 138 valence electrons. The number of halogens is 11. The second-order valence-corrected chi connectivity index (χ2v) is 5.79. The highest BCUT2D eigenvalue weighted by Gasteiger charge is 2.59. The number of alkyl halides is 8. The fraction of sp³-hybridized carbons (Fsp3) is 0.250. The molecule has 1 heterocycles. The Hall–Kier alpha value is -1.43. The Morgan fingerprint density at radius 1 is 1.00 bits per heavy atom. The first-order chi connectivity index (χ1) is 11.2. The molecule has 0 radical (unpaired) electrons. The van der Waals surface area contributed by atoms with Crippen molar-refractivity contribution in [2.45, 2.75) is 18.3 Å². The van der Waals surface area contributed by atoms with Gasteiger partial charge in [-0.05, 0) is 28.1 Å². The van der Waals surface area contributed by atoms with Crippen molar-refractivity contribution in [1.29, 1.82) is 0 Å². The molecule has 13 heteroatoms. The molecule has 1 aromatic heterocycles. The summed E-state index contributed by atoms with van der Waals surface area (Å²) in [5.41, 5.74) is -4.10. The first-order valence-electron chi connectivity index (χ1n) is 5.93. The minimum absolute atomic E-state index is 0.108. The molecule has 1 aromatic carbocycles. The molecule has 0 saturated heterocycles. The fourth-order valence-corrected chi connectivity index (χ4v) is 2.60. The van der Waals surface area contributed by atoms with E-state index in [1.165, 1.54) is 0 Å². The summed E-state index contributed by atoms with van der Waals surface area (Å²) in [6.45, 7) is 0. The minimum atomic E-state index is -6.01. The number of aromatic nitrogens is 2. The molecule has 0 spiro atoms. The van der Waals surface area contributed by atoms with E-state index in [4.69, 9.17) is 11.6 Å². The molecule has 2 nitrogen and oxygen atoms in total. The predicted octanol–water partition coefficient (Wildman–Crippen LogP) is 6.30. The summed E-state index contributed by atoms with van der Waals surface area (Å²) < 4.78 is 115. The normalized spacial score (nSPS) is 13.4. The second kappa shape index (κ2) is 6.08. The van der Waals surface area contributed by atoms with Crippen LogP contribution in [0.1, 0.15) is 11.3 Å². The van der Waals surface area contributed by atoms with Gasteiger partial charge < -0.3 is 4.98 Å². The molecule has 0 aliphatic carbocycles. The van der Waals surface area contributed by atoms with Gasteiger partial charge in [-0.3, -0.25) is 0 Å². The van der Waals surface area contributed by atoms with E-state index in [-0.39, 0.29) is 12.1 Å². The number of nitrogens with zero attached hydrogens (tertiary/aromatic N) is 1. The zero-order chi connectivity index (χ0) is 19.4. The lowest BCUT2D eigenvalue weighted by Gasteiger charge is -2.20. The number of hydrogen-bond donors (Lipinski definition) is 1. The van der Waals surface area contributed by atoms with E-state index in [9.17, 15) is 39.5 Å². The van der Waals surface area contributed by atoms with Crippen molar-refractivity contribution in [3.63, 3.8) is 0 Å². The molecule has 1 N–H and O–H groups in total. The monoisotopic (exact) mass is 460 g/mol. The van der Waals surface area contributed by atoms with Gasteiger partial charge in [0.25, 0.3) is 0 Å². The Balaban J connectivity index is 2.60. The van der Waals surface area contributed by atoms with Crippen LogP contribution in [0.5, 0.6) is 0 Å². The maximum atomic E-state index is 14.0. The van der Waals surface area contributed by atoms with Crippen molar-refractivity contribution >= 4 is 27.5 Å². The van der Waals surface area contributed by atoms with Crippen molar-refractivity contribution in [1.82, 2.24) is 9.97 Å². The first kappa shape index (κ1) is 19.9. The van der Waals surface area contributed by atoms with Gasteiger partial charge in [-0.15, -0.1) is 0 Å². The molecule has 2 rings (SSSR count). The summed E-state index contributed by atoms with van der Waals surface area (Å²) in [7, 11) is 0. The lowest BCUT2D eigenvalue weighted by molar-refractivity contribution is -0.289. The summed E-state index contributed by atoms with van der Waals surface area (Å²) in [6.07, 6.45) is -10.9. The molecule has 0 aliphatic heterocycles.